The number of carboxylic acids is 1. The lowest BCUT2D eigenvalue weighted by Gasteiger charge is -2.28. The van der Waals surface area contributed by atoms with Crippen molar-refractivity contribution >= 4 is 17.0 Å². The van der Waals surface area contributed by atoms with Crippen molar-refractivity contribution in [1.82, 2.24) is 14.5 Å². The smallest absolute Gasteiger partial charge is 0.335 e. The van der Waals surface area contributed by atoms with Crippen molar-refractivity contribution in [2.24, 2.45) is 5.41 Å². The van der Waals surface area contributed by atoms with Gasteiger partial charge >= 0.3 is 5.97 Å². The molecule has 6 rings (SSSR count). The lowest BCUT2D eigenvalue weighted by Crippen LogP contribution is -2.27. The van der Waals surface area contributed by atoms with E-state index in [2.05, 4.69) is 9.97 Å². The molecule has 3 aromatic carbocycles. The average molecular weight is 638 g/mol. The summed E-state index contributed by atoms with van der Waals surface area (Å²) in [6, 6.07) is 13.9. The molecule has 0 unspecified atom stereocenters. The van der Waals surface area contributed by atoms with Gasteiger partial charge in [-0.15, -0.1) is 0 Å². The van der Waals surface area contributed by atoms with Gasteiger partial charge in [-0.2, -0.15) is 0 Å². The molecule has 1 atom stereocenters. The summed E-state index contributed by atoms with van der Waals surface area (Å²) < 4.78 is 84.2. The number of carbonyl (C=O) groups is 1. The molecule has 0 radical (unpaired) electrons. The van der Waals surface area contributed by atoms with Crippen LogP contribution in [0.2, 0.25) is 0 Å². The van der Waals surface area contributed by atoms with E-state index in [-0.39, 0.29) is 58.3 Å². The second-order valence-corrected chi connectivity index (χ2v) is 11.8. The van der Waals surface area contributed by atoms with Crippen LogP contribution < -0.4 is 4.74 Å². The number of alkyl halides is 2. The van der Waals surface area contributed by atoms with Crippen LogP contribution in [0.5, 0.6) is 5.88 Å². The SMILES string of the molecule is CC1(C)COC[C@H]1n1c(Cc2cc(F)c(-c3cccc(OCc4ccc(C(F)F)cc4F)n3)cc2F)nc2ccc(C(=O)O)cc21. The Kier molecular flexibility index (Phi) is 8.24. The van der Waals surface area contributed by atoms with Crippen molar-refractivity contribution < 1.29 is 41.3 Å². The predicted octanol–water partition coefficient (Wildman–Crippen LogP) is 7.92. The van der Waals surface area contributed by atoms with Crippen LogP contribution in [0.15, 0.2) is 66.7 Å². The highest BCUT2D eigenvalue weighted by Gasteiger charge is 2.39. The summed E-state index contributed by atoms with van der Waals surface area (Å²) in [6.07, 6.45) is -2.90. The Bertz CT molecular complexity index is 1960. The molecule has 238 valence electrons. The van der Waals surface area contributed by atoms with E-state index in [1.54, 1.807) is 6.07 Å². The van der Waals surface area contributed by atoms with Crippen molar-refractivity contribution in [3.05, 3.63) is 112 Å². The number of aromatic carboxylic acids is 1. The number of halogens is 5. The predicted molar refractivity (Wildman–Crippen MR) is 158 cm³/mol. The molecule has 0 saturated carbocycles. The average Bonchev–Trinajstić information content (AvgIpc) is 3.55. The van der Waals surface area contributed by atoms with E-state index < -0.39 is 35.4 Å². The second kappa shape index (κ2) is 12.2. The van der Waals surface area contributed by atoms with Gasteiger partial charge in [-0.05, 0) is 48.0 Å². The minimum absolute atomic E-state index is 0.00503. The monoisotopic (exact) mass is 637 g/mol. The van der Waals surface area contributed by atoms with Crippen molar-refractivity contribution in [1.29, 1.82) is 0 Å². The van der Waals surface area contributed by atoms with Gasteiger partial charge in [0.2, 0.25) is 5.88 Å². The minimum atomic E-state index is -2.81. The molecule has 1 aliphatic heterocycles. The largest absolute Gasteiger partial charge is 0.478 e. The van der Waals surface area contributed by atoms with Gasteiger partial charge < -0.3 is 19.1 Å². The van der Waals surface area contributed by atoms with Gasteiger partial charge in [-0.3, -0.25) is 0 Å². The number of nitrogens with zero attached hydrogens (tertiary/aromatic N) is 3. The van der Waals surface area contributed by atoms with Gasteiger partial charge in [0.1, 0.15) is 29.9 Å². The lowest BCUT2D eigenvalue weighted by atomic mass is 9.87. The maximum Gasteiger partial charge on any atom is 0.335 e. The van der Waals surface area contributed by atoms with Crippen LogP contribution in [-0.4, -0.2) is 38.8 Å². The van der Waals surface area contributed by atoms with Crippen LogP contribution in [-0.2, 0) is 17.8 Å². The van der Waals surface area contributed by atoms with Gasteiger partial charge in [-0.25, -0.2) is 36.7 Å². The van der Waals surface area contributed by atoms with Crippen LogP contribution in [0, 0.1) is 22.9 Å². The minimum Gasteiger partial charge on any atom is -0.478 e. The number of rotatable bonds is 9. The van der Waals surface area contributed by atoms with Crippen LogP contribution in [0.1, 0.15) is 59.2 Å². The number of hydrogen-bond donors (Lipinski definition) is 1. The van der Waals surface area contributed by atoms with E-state index in [1.165, 1.54) is 36.4 Å². The molecule has 0 spiro atoms. The Morgan fingerprint density at radius 1 is 1.00 bits per heavy atom. The number of fused-ring (bicyclic) bond motifs is 1. The van der Waals surface area contributed by atoms with Gasteiger partial charge in [0, 0.05) is 34.6 Å². The number of aromatic nitrogens is 3. The first-order valence-electron chi connectivity index (χ1n) is 14.4. The number of carboxylic acid groups (broad SMARTS) is 1. The third-order valence-corrected chi connectivity index (χ3v) is 8.16. The first-order valence-corrected chi connectivity index (χ1v) is 14.4. The van der Waals surface area contributed by atoms with Crippen LogP contribution >= 0.6 is 0 Å². The van der Waals surface area contributed by atoms with E-state index in [1.807, 2.05) is 18.4 Å². The molecule has 1 N–H and O–H groups in total. The van der Waals surface area contributed by atoms with Crippen molar-refractivity contribution in [3.63, 3.8) is 0 Å². The van der Waals surface area contributed by atoms with Gasteiger partial charge in [-0.1, -0.05) is 32.0 Å². The van der Waals surface area contributed by atoms with Crippen LogP contribution in [0.4, 0.5) is 22.0 Å². The van der Waals surface area contributed by atoms with Gasteiger partial charge in [0.05, 0.1) is 41.5 Å². The van der Waals surface area contributed by atoms with Crippen molar-refractivity contribution in [2.75, 3.05) is 13.2 Å². The summed E-state index contributed by atoms with van der Waals surface area (Å²) in [7, 11) is 0. The second-order valence-electron chi connectivity index (χ2n) is 11.8. The zero-order valence-electron chi connectivity index (χ0n) is 24.7. The normalized spacial score (nSPS) is 16.0. The third-order valence-electron chi connectivity index (χ3n) is 8.16. The summed E-state index contributed by atoms with van der Waals surface area (Å²) in [6.45, 7) is 4.51. The topological polar surface area (TPSA) is 86.5 Å². The maximum atomic E-state index is 15.6. The Morgan fingerprint density at radius 2 is 1.78 bits per heavy atom. The standard InChI is InChI=1S/C34H28F5N3O4/c1-34(2)17-45-16-29(34)42-28-12-19(33(43)44)8-9-27(28)40-30(42)13-21-11-25(37)22(14-24(21)36)26-4-3-5-31(41-26)46-15-20-7-6-18(32(38)39)10-23(20)35/h3-12,14,29,32H,13,15-17H2,1-2H3,(H,43,44)/t29-/m1/s1. The maximum absolute atomic E-state index is 15.6. The van der Waals surface area contributed by atoms with Crippen molar-refractivity contribution in [2.45, 2.75) is 39.3 Å². The van der Waals surface area contributed by atoms with E-state index >= 15 is 8.78 Å². The summed E-state index contributed by atoms with van der Waals surface area (Å²) >= 11 is 0. The van der Waals surface area contributed by atoms with E-state index in [9.17, 15) is 23.1 Å². The molecular formula is C34H28F5N3O4. The van der Waals surface area contributed by atoms with Gasteiger partial charge in [0.25, 0.3) is 6.43 Å². The molecule has 12 heteroatoms. The number of pyridine rings is 1. The zero-order chi connectivity index (χ0) is 32.7. The number of benzene rings is 3. The van der Waals surface area contributed by atoms with E-state index in [4.69, 9.17) is 9.47 Å². The lowest BCUT2D eigenvalue weighted by molar-refractivity contribution is 0.0697. The Balaban J connectivity index is 1.29. The number of hydrogen-bond acceptors (Lipinski definition) is 5. The van der Waals surface area contributed by atoms with Crippen molar-refractivity contribution in [3.8, 4) is 17.1 Å². The molecule has 3 heterocycles. The molecule has 1 fully saturated rings. The molecule has 46 heavy (non-hydrogen) atoms. The molecule has 0 amide bonds. The molecule has 1 aliphatic rings. The number of ether oxygens (including phenoxy) is 2. The Labute approximate surface area is 260 Å². The summed E-state index contributed by atoms with van der Waals surface area (Å²) in [5.74, 6) is -3.00. The highest BCUT2D eigenvalue weighted by molar-refractivity contribution is 5.92. The molecule has 2 aromatic heterocycles. The van der Waals surface area contributed by atoms with E-state index in [0.29, 0.717) is 30.1 Å². The third kappa shape index (κ3) is 6.04. The quantitative estimate of drug-likeness (QED) is 0.165. The fourth-order valence-electron chi connectivity index (χ4n) is 5.63. The summed E-state index contributed by atoms with van der Waals surface area (Å²) in [5, 5.41) is 9.57. The molecule has 1 saturated heterocycles. The molecule has 0 bridgehead atoms. The Hall–Kier alpha value is -4.84. The van der Waals surface area contributed by atoms with Crippen LogP contribution in [0.25, 0.3) is 22.3 Å². The summed E-state index contributed by atoms with van der Waals surface area (Å²) in [5.41, 5.74) is 0.341. The molecule has 0 aliphatic carbocycles. The highest BCUT2D eigenvalue weighted by atomic mass is 19.3. The van der Waals surface area contributed by atoms with Crippen LogP contribution in [0.3, 0.4) is 0 Å². The fraction of sp³-hybridized carbons (Fsp3) is 0.265. The molecule has 7 nitrogen and oxygen atoms in total. The zero-order valence-corrected chi connectivity index (χ0v) is 24.7. The fourth-order valence-corrected chi connectivity index (χ4v) is 5.63. The molecular weight excluding hydrogens is 609 g/mol. The first-order chi connectivity index (χ1) is 21.9. The first kappa shape index (κ1) is 31.2. The Morgan fingerprint density at radius 3 is 2.48 bits per heavy atom. The van der Waals surface area contributed by atoms with E-state index in [0.717, 1.165) is 24.3 Å². The van der Waals surface area contributed by atoms with Gasteiger partial charge in [0.15, 0.2) is 0 Å². The molecule has 5 aromatic rings. The number of imidazole rings is 1. The highest BCUT2D eigenvalue weighted by Crippen LogP contribution is 2.40. The summed E-state index contributed by atoms with van der Waals surface area (Å²) in [4.78, 5) is 20.6.